The maximum absolute atomic E-state index is 13.4. The molecule has 1 saturated carbocycles. The van der Waals surface area contributed by atoms with Crippen molar-refractivity contribution in [1.29, 1.82) is 0 Å². The molecule has 2 atom stereocenters. The summed E-state index contributed by atoms with van der Waals surface area (Å²) in [5.41, 5.74) is 0.718. The first-order valence-corrected chi connectivity index (χ1v) is 13.6. The van der Waals surface area contributed by atoms with Crippen LogP contribution in [0.1, 0.15) is 75.4 Å². The summed E-state index contributed by atoms with van der Waals surface area (Å²) >= 11 is 0. The molecule has 2 amide bonds. The molecule has 1 aromatic heterocycles. The second-order valence-electron chi connectivity index (χ2n) is 10.1. The predicted octanol–water partition coefficient (Wildman–Crippen LogP) is 4.04. The van der Waals surface area contributed by atoms with Crippen molar-refractivity contribution in [3.8, 4) is 11.5 Å². The summed E-state index contributed by atoms with van der Waals surface area (Å²) in [5.74, 6) is -0.476. The predicted molar refractivity (Wildman–Crippen MR) is 138 cm³/mol. The van der Waals surface area contributed by atoms with Crippen LogP contribution in [0.5, 0.6) is 0 Å². The lowest BCUT2D eigenvalue weighted by molar-refractivity contribution is -0.139. The van der Waals surface area contributed by atoms with Crippen molar-refractivity contribution in [3.05, 3.63) is 36.2 Å². The summed E-state index contributed by atoms with van der Waals surface area (Å²) in [7, 11) is 0. The molecule has 1 saturated heterocycles. The van der Waals surface area contributed by atoms with E-state index in [1.54, 1.807) is 4.90 Å². The number of Topliss-reactive ketones (excluding diaryl/α,β-unsaturated/α-hetero) is 1. The lowest BCUT2D eigenvalue weighted by Crippen LogP contribution is -2.46. The Morgan fingerprint density at radius 3 is 2.49 bits per heavy atom. The number of ether oxygens (including phenoxy) is 1. The van der Waals surface area contributed by atoms with Crippen LogP contribution in [0.15, 0.2) is 34.7 Å². The van der Waals surface area contributed by atoms with Gasteiger partial charge in [-0.15, -0.1) is 10.2 Å². The van der Waals surface area contributed by atoms with E-state index in [0.717, 1.165) is 12.0 Å². The van der Waals surface area contributed by atoms with Gasteiger partial charge in [0, 0.05) is 31.0 Å². The van der Waals surface area contributed by atoms with E-state index in [2.05, 4.69) is 15.5 Å². The zero-order valence-corrected chi connectivity index (χ0v) is 21.7. The smallest absolute Gasteiger partial charge is 0.286 e. The van der Waals surface area contributed by atoms with Crippen LogP contribution in [-0.4, -0.2) is 65.0 Å². The molecule has 1 aliphatic carbocycles. The van der Waals surface area contributed by atoms with Crippen molar-refractivity contribution >= 4 is 17.6 Å². The van der Waals surface area contributed by atoms with Crippen molar-refractivity contribution < 1.29 is 23.5 Å². The van der Waals surface area contributed by atoms with Crippen molar-refractivity contribution in [1.82, 2.24) is 20.4 Å². The molecule has 1 aromatic carbocycles. The molecular weight excluding hydrogens is 472 g/mol. The highest BCUT2D eigenvalue weighted by Crippen LogP contribution is 2.30. The van der Waals surface area contributed by atoms with Gasteiger partial charge < -0.3 is 19.4 Å². The van der Waals surface area contributed by atoms with Crippen molar-refractivity contribution in [2.45, 2.75) is 70.8 Å². The van der Waals surface area contributed by atoms with Crippen LogP contribution < -0.4 is 5.32 Å². The molecule has 9 heteroatoms. The lowest BCUT2D eigenvalue weighted by Gasteiger charge is -2.29. The van der Waals surface area contributed by atoms with E-state index < -0.39 is 17.7 Å². The zero-order chi connectivity index (χ0) is 26.0. The van der Waals surface area contributed by atoms with Crippen molar-refractivity contribution in [3.63, 3.8) is 0 Å². The fourth-order valence-corrected chi connectivity index (χ4v) is 5.20. The van der Waals surface area contributed by atoms with Gasteiger partial charge in [-0.25, -0.2) is 0 Å². The molecule has 1 N–H and O–H groups in total. The molecule has 9 nitrogen and oxygen atoms in total. The van der Waals surface area contributed by atoms with Gasteiger partial charge in [0.25, 0.3) is 5.89 Å². The molecule has 4 rings (SSSR count). The second kappa shape index (κ2) is 13.5. The molecule has 2 heterocycles. The Morgan fingerprint density at radius 2 is 1.78 bits per heavy atom. The van der Waals surface area contributed by atoms with E-state index in [-0.39, 0.29) is 30.0 Å². The molecule has 1 aliphatic heterocycles. The van der Waals surface area contributed by atoms with Gasteiger partial charge >= 0.3 is 0 Å². The number of hydrogen-bond donors (Lipinski definition) is 1. The summed E-state index contributed by atoms with van der Waals surface area (Å²) in [4.78, 5) is 41.4. The van der Waals surface area contributed by atoms with Crippen LogP contribution in [0.2, 0.25) is 0 Å². The van der Waals surface area contributed by atoms with Crippen LogP contribution in [0.4, 0.5) is 0 Å². The molecule has 200 valence electrons. The average molecular weight is 511 g/mol. The molecule has 37 heavy (non-hydrogen) atoms. The summed E-state index contributed by atoms with van der Waals surface area (Å²) in [6, 6.07) is 8.42. The number of aromatic nitrogens is 2. The van der Waals surface area contributed by atoms with E-state index in [1.165, 1.54) is 32.1 Å². The fourth-order valence-electron chi connectivity index (χ4n) is 5.20. The first-order chi connectivity index (χ1) is 18.0. The Morgan fingerprint density at radius 1 is 1.05 bits per heavy atom. The second-order valence-corrected chi connectivity index (χ2v) is 10.1. The summed E-state index contributed by atoms with van der Waals surface area (Å²) in [6.07, 6.45) is 8.18. The minimum absolute atomic E-state index is 0.0316. The number of morpholine rings is 1. The van der Waals surface area contributed by atoms with Gasteiger partial charge in [0.2, 0.25) is 23.5 Å². The van der Waals surface area contributed by atoms with E-state index in [4.69, 9.17) is 9.15 Å². The van der Waals surface area contributed by atoms with Gasteiger partial charge in [0.1, 0.15) is 0 Å². The molecular formula is C28H38N4O5. The molecule has 2 aromatic rings. The number of carbonyl (C=O) groups is 3. The Hall–Kier alpha value is -3.07. The molecule has 2 aliphatic rings. The van der Waals surface area contributed by atoms with Gasteiger partial charge in [-0.3, -0.25) is 14.4 Å². The van der Waals surface area contributed by atoms with Gasteiger partial charge in [0.15, 0.2) is 0 Å². The number of amides is 2. The van der Waals surface area contributed by atoms with Crippen molar-refractivity contribution in [2.75, 3.05) is 26.3 Å². The van der Waals surface area contributed by atoms with Crippen molar-refractivity contribution in [2.24, 2.45) is 11.8 Å². The highest BCUT2D eigenvalue weighted by molar-refractivity contribution is 5.99. The normalized spacial score (nSPS) is 18.2. The monoisotopic (exact) mass is 510 g/mol. The quantitative estimate of drug-likeness (QED) is 0.454. The van der Waals surface area contributed by atoms with Gasteiger partial charge in [-0.1, -0.05) is 57.2 Å². The molecule has 0 bridgehead atoms. The number of carbonyl (C=O) groups excluding carboxylic acids is 3. The van der Waals surface area contributed by atoms with Crippen LogP contribution in [-0.2, 0) is 14.3 Å². The molecule has 0 unspecified atom stereocenters. The molecule has 0 radical (unpaired) electrons. The maximum Gasteiger partial charge on any atom is 0.286 e. The Balaban J connectivity index is 1.41. The number of nitrogens with zero attached hydrogens (tertiary/aromatic N) is 3. The third-order valence-corrected chi connectivity index (χ3v) is 7.50. The number of nitrogens with one attached hydrogen (secondary N) is 1. The van der Waals surface area contributed by atoms with Gasteiger partial charge in [-0.05, 0) is 37.3 Å². The summed E-state index contributed by atoms with van der Waals surface area (Å²) < 4.78 is 11.0. The number of hydrogen-bond acceptors (Lipinski definition) is 7. The Bertz CT molecular complexity index is 1030. The Kier molecular flexibility index (Phi) is 9.82. The molecule has 2 fully saturated rings. The number of ketones is 1. The summed E-state index contributed by atoms with van der Waals surface area (Å²) in [6.45, 7) is 3.96. The first-order valence-electron chi connectivity index (χ1n) is 13.6. The van der Waals surface area contributed by atoms with E-state index in [1.807, 2.05) is 37.3 Å². The van der Waals surface area contributed by atoms with Gasteiger partial charge in [0.05, 0.1) is 19.3 Å². The van der Waals surface area contributed by atoms with Crippen LogP contribution in [0.25, 0.3) is 11.5 Å². The van der Waals surface area contributed by atoms with E-state index in [9.17, 15) is 14.4 Å². The Labute approximate surface area is 218 Å². The molecule has 0 spiro atoms. The summed E-state index contributed by atoms with van der Waals surface area (Å²) in [5, 5.41) is 10.8. The van der Waals surface area contributed by atoms with E-state index in [0.29, 0.717) is 45.1 Å². The average Bonchev–Trinajstić information content (AvgIpc) is 3.45. The third-order valence-electron chi connectivity index (χ3n) is 7.50. The number of rotatable bonds is 11. The standard InChI is InChI=1S/C28H38N4O5/c1-2-23(25(34)28-31-30-27(37-28)21-11-7-4-8-12-21)29-26(35)22(14-13-20-9-5-3-6-10-20)19-24(33)32-15-17-36-18-16-32/h4,7-8,11-12,20,22-23H,2-3,5-6,9-10,13-19H2,1H3,(H,29,35)/t22-,23+/m1/s1. The van der Waals surface area contributed by atoms with Crippen LogP contribution >= 0.6 is 0 Å². The highest BCUT2D eigenvalue weighted by atomic mass is 16.5. The largest absolute Gasteiger partial charge is 0.414 e. The van der Waals surface area contributed by atoms with Gasteiger partial charge in [-0.2, -0.15) is 0 Å². The van der Waals surface area contributed by atoms with Crippen LogP contribution in [0, 0.1) is 11.8 Å². The van der Waals surface area contributed by atoms with E-state index >= 15 is 0 Å². The van der Waals surface area contributed by atoms with Crippen LogP contribution in [0.3, 0.4) is 0 Å². The minimum Gasteiger partial charge on any atom is -0.414 e. The highest BCUT2D eigenvalue weighted by Gasteiger charge is 2.31. The topological polar surface area (TPSA) is 115 Å². The SMILES string of the molecule is CC[C@H](NC(=O)[C@H](CCC1CCCCC1)CC(=O)N1CCOCC1)C(=O)c1nnc(-c2ccccc2)o1. The number of benzene rings is 1. The zero-order valence-electron chi connectivity index (χ0n) is 21.7. The third kappa shape index (κ3) is 7.47. The first kappa shape index (κ1) is 27.0. The lowest BCUT2D eigenvalue weighted by atomic mass is 9.83. The minimum atomic E-state index is -0.799. The fraction of sp³-hybridized carbons (Fsp3) is 0.607. The maximum atomic E-state index is 13.4.